The molecule has 0 saturated heterocycles. The van der Waals surface area contributed by atoms with Crippen LogP contribution in [0.5, 0.6) is 5.75 Å². The van der Waals surface area contributed by atoms with E-state index in [9.17, 15) is 0 Å². The van der Waals surface area contributed by atoms with Crippen LogP contribution in [0.2, 0.25) is 0 Å². The average Bonchev–Trinajstić information content (AvgIpc) is 2.80. The van der Waals surface area contributed by atoms with E-state index in [-0.39, 0.29) is 0 Å². The molecule has 0 amide bonds. The highest BCUT2D eigenvalue weighted by Gasteiger charge is 2.39. The highest BCUT2D eigenvalue weighted by atomic mass is 16.5. The van der Waals surface area contributed by atoms with Crippen molar-refractivity contribution in [2.24, 2.45) is 23.7 Å². The summed E-state index contributed by atoms with van der Waals surface area (Å²) in [4.78, 5) is 0. The second-order valence-corrected chi connectivity index (χ2v) is 10.0. The Balaban J connectivity index is 1.23. The smallest absolute Gasteiger partial charge is 0.119 e. The lowest BCUT2D eigenvalue weighted by atomic mass is 9.62. The Labute approximate surface area is 184 Å². The van der Waals surface area contributed by atoms with Crippen LogP contribution >= 0.6 is 0 Å². The average molecular weight is 411 g/mol. The van der Waals surface area contributed by atoms with E-state index in [0.29, 0.717) is 12.7 Å². The Kier molecular flexibility index (Phi) is 7.93. The maximum atomic E-state index is 5.95. The van der Waals surface area contributed by atoms with Crippen molar-refractivity contribution in [1.29, 1.82) is 0 Å². The minimum absolute atomic E-state index is 0.558. The first-order valence-corrected chi connectivity index (χ1v) is 12.7. The summed E-state index contributed by atoms with van der Waals surface area (Å²) >= 11 is 0. The number of rotatable bonds is 7. The van der Waals surface area contributed by atoms with Gasteiger partial charge in [0.1, 0.15) is 12.4 Å². The molecule has 3 fully saturated rings. The third kappa shape index (κ3) is 5.49. The van der Waals surface area contributed by atoms with Gasteiger partial charge in [-0.05, 0) is 125 Å². The maximum absolute atomic E-state index is 5.95. The first kappa shape index (κ1) is 21.9. The fourth-order valence-electron chi connectivity index (χ4n) is 6.70. The minimum Gasteiger partial charge on any atom is -0.490 e. The molecule has 3 saturated carbocycles. The first-order chi connectivity index (χ1) is 14.8. The highest BCUT2D eigenvalue weighted by Crippen LogP contribution is 2.49. The van der Waals surface area contributed by atoms with Gasteiger partial charge >= 0.3 is 0 Å². The lowest BCUT2D eigenvalue weighted by molar-refractivity contribution is -0.0205. The maximum Gasteiger partial charge on any atom is 0.119 e. The highest BCUT2D eigenvalue weighted by molar-refractivity contribution is 5.30. The summed E-state index contributed by atoms with van der Waals surface area (Å²) in [6.45, 7) is 5.73. The van der Waals surface area contributed by atoms with Gasteiger partial charge in [-0.1, -0.05) is 24.3 Å². The van der Waals surface area contributed by atoms with Crippen molar-refractivity contribution in [2.75, 3.05) is 13.2 Å². The summed E-state index contributed by atoms with van der Waals surface area (Å²) in [5.41, 5.74) is 1.52. The van der Waals surface area contributed by atoms with Gasteiger partial charge in [0.25, 0.3) is 0 Å². The molecule has 4 unspecified atom stereocenters. The van der Waals surface area contributed by atoms with Gasteiger partial charge in [0, 0.05) is 6.61 Å². The van der Waals surface area contributed by atoms with Crippen LogP contribution in [0.25, 0.3) is 0 Å². The summed E-state index contributed by atoms with van der Waals surface area (Å²) < 4.78 is 11.7. The summed E-state index contributed by atoms with van der Waals surface area (Å²) in [6, 6.07) is 8.92. The van der Waals surface area contributed by atoms with Crippen LogP contribution in [0.3, 0.4) is 0 Å². The molecule has 2 heteroatoms. The SMILES string of the molecule is C/C=C/COc1ccc(C2CCC(C3CCC4CC(OCC)CCC4C3)CC2)cc1. The van der Waals surface area contributed by atoms with E-state index in [2.05, 4.69) is 31.2 Å². The van der Waals surface area contributed by atoms with Crippen LogP contribution < -0.4 is 4.74 Å². The van der Waals surface area contributed by atoms with Gasteiger partial charge in [0.15, 0.2) is 0 Å². The van der Waals surface area contributed by atoms with E-state index in [4.69, 9.17) is 9.47 Å². The zero-order valence-electron chi connectivity index (χ0n) is 19.2. The van der Waals surface area contributed by atoms with E-state index < -0.39 is 0 Å². The monoisotopic (exact) mass is 410 g/mol. The summed E-state index contributed by atoms with van der Waals surface area (Å²) in [5.74, 6) is 5.67. The van der Waals surface area contributed by atoms with Crippen LogP contribution in [0.15, 0.2) is 36.4 Å². The third-order valence-electron chi connectivity index (χ3n) is 8.38. The summed E-state index contributed by atoms with van der Waals surface area (Å²) in [6.07, 6.45) is 18.8. The second-order valence-electron chi connectivity index (χ2n) is 10.0. The quantitative estimate of drug-likeness (QED) is 0.432. The molecule has 2 nitrogen and oxygen atoms in total. The molecule has 1 aromatic carbocycles. The summed E-state index contributed by atoms with van der Waals surface area (Å²) in [7, 11) is 0. The van der Waals surface area contributed by atoms with Gasteiger partial charge in [-0.3, -0.25) is 0 Å². The standard InChI is InChI=1S/C28H42O2/c1-3-5-18-30-27-15-12-22(13-16-27)21-6-8-23(9-7-21)24-10-11-26-20-28(29-4-2)17-14-25(26)19-24/h3,5,12-13,15-16,21,23-26,28H,4,6-11,14,17-20H2,1-2H3/b5-3+. The Hall–Kier alpha value is -1.28. The molecule has 0 heterocycles. The zero-order chi connectivity index (χ0) is 20.8. The zero-order valence-corrected chi connectivity index (χ0v) is 19.2. The second kappa shape index (κ2) is 10.8. The van der Waals surface area contributed by atoms with Gasteiger partial charge in [0.2, 0.25) is 0 Å². The van der Waals surface area contributed by atoms with E-state index in [0.717, 1.165) is 41.9 Å². The molecule has 0 radical (unpaired) electrons. The number of benzene rings is 1. The molecular formula is C28H42O2. The van der Waals surface area contributed by atoms with Crippen molar-refractivity contribution in [3.05, 3.63) is 42.0 Å². The Morgan fingerprint density at radius 2 is 1.43 bits per heavy atom. The molecule has 3 aliphatic carbocycles. The molecule has 166 valence electrons. The molecule has 0 N–H and O–H groups in total. The molecule has 1 aromatic rings. The van der Waals surface area contributed by atoms with Gasteiger partial charge in [0.05, 0.1) is 6.10 Å². The topological polar surface area (TPSA) is 18.5 Å². The van der Waals surface area contributed by atoms with E-state index in [1.807, 2.05) is 19.1 Å². The molecule has 3 aliphatic rings. The van der Waals surface area contributed by atoms with Gasteiger partial charge < -0.3 is 9.47 Å². The van der Waals surface area contributed by atoms with Gasteiger partial charge in [-0.25, -0.2) is 0 Å². The number of hydrogen-bond donors (Lipinski definition) is 0. The Morgan fingerprint density at radius 1 is 0.800 bits per heavy atom. The molecule has 30 heavy (non-hydrogen) atoms. The predicted octanol–water partition coefficient (Wildman–Crippen LogP) is 7.54. The normalized spacial score (nSPS) is 34.6. The van der Waals surface area contributed by atoms with Crippen molar-refractivity contribution >= 4 is 0 Å². The minimum atomic E-state index is 0.558. The molecule has 4 atom stereocenters. The molecule has 0 bridgehead atoms. The van der Waals surface area contributed by atoms with Crippen molar-refractivity contribution < 1.29 is 9.47 Å². The molecule has 0 aromatic heterocycles. The fourth-order valence-corrected chi connectivity index (χ4v) is 6.70. The molecule has 0 spiro atoms. The largest absolute Gasteiger partial charge is 0.490 e. The van der Waals surface area contributed by atoms with E-state index in [1.54, 1.807) is 0 Å². The van der Waals surface area contributed by atoms with Crippen LogP contribution in [0, 0.1) is 23.7 Å². The molecular weight excluding hydrogens is 368 g/mol. The Morgan fingerprint density at radius 3 is 2.13 bits per heavy atom. The fraction of sp³-hybridized carbons (Fsp3) is 0.714. The van der Waals surface area contributed by atoms with Gasteiger partial charge in [-0.2, -0.15) is 0 Å². The van der Waals surface area contributed by atoms with Crippen molar-refractivity contribution in [1.82, 2.24) is 0 Å². The third-order valence-corrected chi connectivity index (χ3v) is 8.38. The lowest BCUT2D eigenvalue weighted by Crippen LogP contribution is -2.36. The predicted molar refractivity (Wildman–Crippen MR) is 125 cm³/mol. The van der Waals surface area contributed by atoms with Crippen molar-refractivity contribution in [3.8, 4) is 5.75 Å². The van der Waals surface area contributed by atoms with E-state index >= 15 is 0 Å². The van der Waals surface area contributed by atoms with Crippen LogP contribution in [-0.2, 0) is 4.74 Å². The van der Waals surface area contributed by atoms with Crippen LogP contribution in [0.1, 0.15) is 89.5 Å². The number of ether oxygens (including phenoxy) is 2. The van der Waals surface area contributed by atoms with Crippen LogP contribution in [0.4, 0.5) is 0 Å². The number of fused-ring (bicyclic) bond motifs is 1. The molecule has 4 rings (SSSR count). The van der Waals surface area contributed by atoms with Gasteiger partial charge in [-0.15, -0.1) is 0 Å². The van der Waals surface area contributed by atoms with Crippen LogP contribution in [-0.4, -0.2) is 19.3 Å². The summed E-state index contributed by atoms with van der Waals surface area (Å²) in [5, 5.41) is 0. The first-order valence-electron chi connectivity index (χ1n) is 12.7. The van der Waals surface area contributed by atoms with Crippen molar-refractivity contribution in [3.63, 3.8) is 0 Å². The molecule has 0 aliphatic heterocycles. The van der Waals surface area contributed by atoms with E-state index in [1.165, 1.54) is 69.8 Å². The number of hydrogen-bond acceptors (Lipinski definition) is 2. The van der Waals surface area contributed by atoms with Crippen molar-refractivity contribution in [2.45, 2.75) is 90.1 Å². The Bertz CT molecular complexity index is 656. The number of allylic oxidation sites excluding steroid dienone is 1. The lowest BCUT2D eigenvalue weighted by Gasteiger charge is -2.45.